The number of nitrogens with one attached hydrogen (secondary N) is 1. The molecule has 1 unspecified atom stereocenters. The van der Waals surface area contributed by atoms with Crippen molar-refractivity contribution >= 4 is 23.3 Å². The summed E-state index contributed by atoms with van der Waals surface area (Å²) in [4.78, 5) is 16.0. The van der Waals surface area contributed by atoms with Gasteiger partial charge in [-0.3, -0.25) is 4.99 Å². The summed E-state index contributed by atoms with van der Waals surface area (Å²) >= 11 is 1.70. The fourth-order valence-electron chi connectivity index (χ4n) is 2.13. The van der Waals surface area contributed by atoms with Gasteiger partial charge >= 0.3 is 5.97 Å². The van der Waals surface area contributed by atoms with Gasteiger partial charge in [-0.2, -0.15) is 0 Å². The molecule has 1 saturated heterocycles. The van der Waals surface area contributed by atoms with Gasteiger partial charge in [-0.05, 0) is 32.9 Å². The molecule has 1 atom stereocenters. The number of thioether (sulfide) groups is 1. The third kappa shape index (κ3) is 2.03. The summed E-state index contributed by atoms with van der Waals surface area (Å²) in [6, 6.07) is -0.287. The Labute approximate surface area is 93.9 Å². The molecule has 1 spiro atoms. The first kappa shape index (κ1) is 11.0. The summed E-state index contributed by atoms with van der Waals surface area (Å²) in [5.74, 6) is -0.166. The molecule has 0 amide bonds. The first-order valence-electron chi connectivity index (χ1n) is 5.35. The average molecular weight is 228 g/mol. The molecule has 0 saturated carbocycles. The van der Waals surface area contributed by atoms with Gasteiger partial charge in [-0.15, -0.1) is 11.8 Å². The molecule has 0 aromatic rings. The van der Waals surface area contributed by atoms with Crippen molar-refractivity contribution in [3.8, 4) is 0 Å². The number of hydrogen-bond acceptors (Lipinski definition) is 5. The Kier molecular flexibility index (Phi) is 3.31. The second-order valence-electron chi connectivity index (χ2n) is 3.84. The summed E-state index contributed by atoms with van der Waals surface area (Å²) in [5.41, 5.74) is 1.81. The molecular weight excluding hydrogens is 212 g/mol. The maximum Gasteiger partial charge on any atom is 0.332 e. The first-order valence-corrected chi connectivity index (χ1v) is 6.23. The van der Waals surface area contributed by atoms with Gasteiger partial charge in [0, 0.05) is 0 Å². The molecule has 1 fully saturated rings. The topological polar surface area (TPSA) is 50.7 Å². The third-order valence-corrected chi connectivity index (χ3v) is 4.28. The second kappa shape index (κ2) is 4.53. The van der Waals surface area contributed by atoms with Crippen molar-refractivity contribution in [1.29, 1.82) is 0 Å². The molecule has 0 aliphatic carbocycles. The number of rotatable bonds is 2. The van der Waals surface area contributed by atoms with Crippen LogP contribution in [-0.4, -0.2) is 42.0 Å². The molecular formula is C10H16N2O2S. The van der Waals surface area contributed by atoms with Crippen LogP contribution in [-0.2, 0) is 9.53 Å². The van der Waals surface area contributed by atoms with E-state index in [0.29, 0.717) is 6.61 Å². The molecule has 2 aliphatic heterocycles. The molecule has 0 bridgehead atoms. The second-order valence-corrected chi connectivity index (χ2v) is 5.10. The summed E-state index contributed by atoms with van der Waals surface area (Å²) in [7, 11) is 0. The van der Waals surface area contributed by atoms with Crippen LogP contribution < -0.4 is 5.32 Å². The van der Waals surface area contributed by atoms with Crippen molar-refractivity contribution in [2.24, 2.45) is 4.99 Å². The van der Waals surface area contributed by atoms with E-state index in [-0.39, 0.29) is 16.8 Å². The van der Waals surface area contributed by atoms with Gasteiger partial charge in [0.1, 0.15) is 0 Å². The highest BCUT2D eigenvalue weighted by atomic mass is 32.2. The number of carbonyl (C=O) groups excluding carboxylic acids is 1. The minimum absolute atomic E-state index is 0.0303. The lowest BCUT2D eigenvalue weighted by Gasteiger charge is -2.35. The minimum Gasteiger partial charge on any atom is -0.464 e. The third-order valence-electron chi connectivity index (χ3n) is 2.96. The molecule has 0 aromatic carbocycles. The van der Waals surface area contributed by atoms with E-state index in [9.17, 15) is 4.79 Å². The van der Waals surface area contributed by atoms with E-state index >= 15 is 0 Å². The van der Waals surface area contributed by atoms with Gasteiger partial charge in [0.2, 0.25) is 0 Å². The van der Waals surface area contributed by atoms with Crippen LogP contribution in [0.25, 0.3) is 0 Å². The molecule has 84 valence electrons. The Balaban J connectivity index is 2.08. The standard InChI is InChI=1S/C10H16N2O2S/c1-2-14-9(13)8-10(15-7-12-8)3-5-11-6-4-10/h7-8,11H,2-6H2,1H3. The summed E-state index contributed by atoms with van der Waals surface area (Å²) in [6.07, 6.45) is 1.97. The molecule has 4 nitrogen and oxygen atoms in total. The van der Waals surface area contributed by atoms with Crippen LogP contribution in [0, 0.1) is 0 Å². The number of nitrogens with zero attached hydrogens (tertiary/aromatic N) is 1. The first-order chi connectivity index (χ1) is 7.28. The fourth-order valence-corrected chi connectivity index (χ4v) is 3.25. The van der Waals surface area contributed by atoms with E-state index in [1.54, 1.807) is 11.8 Å². The van der Waals surface area contributed by atoms with E-state index in [0.717, 1.165) is 25.9 Å². The van der Waals surface area contributed by atoms with Crippen molar-refractivity contribution < 1.29 is 9.53 Å². The van der Waals surface area contributed by atoms with Gasteiger partial charge in [0.05, 0.1) is 16.9 Å². The molecule has 5 heteroatoms. The Morgan fingerprint density at radius 1 is 1.67 bits per heavy atom. The zero-order valence-corrected chi connectivity index (χ0v) is 9.68. The Morgan fingerprint density at radius 2 is 2.40 bits per heavy atom. The monoisotopic (exact) mass is 228 g/mol. The highest BCUT2D eigenvalue weighted by Gasteiger charge is 2.47. The lowest BCUT2D eigenvalue weighted by Crippen LogP contribution is -2.48. The Bertz CT molecular complexity index is 275. The zero-order valence-electron chi connectivity index (χ0n) is 8.86. The van der Waals surface area contributed by atoms with Gasteiger partial charge in [-0.1, -0.05) is 0 Å². The van der Waals surface area contributed by atoms with E-state index in [4.69, 9.17) is 4.74 Å². The highest BCUT2D eigenvalue weighted by Crippen LogP contribution is 2.42. The SMILES string of the molecule is CCOC(=O)C1N=CSC12CCNCC2. The maximum atomic E-state index is 11.7. The van der Waals surface area contributed by atoms with Crippen molar-refractivity contribution in [1.82, 2.24) is 5.32 Å². The number of esters is 1. The molecule has 2 heterocycles. The fraction of sp³-hybridized carbons (Fsp3) is 0.800. The number of aliphatic imine (C=N–C) groups is 1. The van der Waals surface area contributed by atoms with Gasteiger partial charge in [0.25, 0.3) is 0 Å². The van der Waals surface area contributed by atoms with Crippen molar-refractivity contribution in [3.63, 3.8) is 0 Å². The molecule has 2 aliphatic rings. The summed E-state index contributed by atoms with van der Waals surface area (Å²) in [5, 5.41) is 3.31. The lowest BCUT2D eigenvalue weighted by atomic mass is 9.89. The van der Waals surface area contributed by atoms with Gasteiger partial charge in [-0.25, -0.2) is 4.79 Å². The largest absolute Gasteiger partial charge is 0.464 e. The van der Waals surface area contributed by atoms with Crippen LogP contribution in [0.15, 0.2) is 4.99 Å². The smallest absolute Gasteiger partial charge is 0.332 e. The van der Waals surface area contributed by atoms with Gasteiger partial charge < -0.3 is 10.1 Å². The van der Waals surface area contributed by atoms with Crippen LogP contribution in [0.3, 0.4) is 0 Å². The number of hydrogen-bond donors (Lipinski definition) is 1. The average Bonchev–Trinajstić information content (AvgIpc) is 2.63. The van der Waals surface area contributed by atoms with Crippen LogP contribution in [0.1, 0.15) is 19.8 Å². The molecule has 1 N–H and O–H groups in total. The number of ether oxygens (including phenoxy) is 1. The highest BCUT2D eigenvalue weighted by molar-refractivity contribution is 8.13. The predicted octanol–water partition coefficient (Wildman–Crippen LogP) is 0.815. The molecule has 0 aromatic heterocycles. The van der Waals surface area contributed by atoms with Crippen LogP contribution in [0.5, 0.6) is 0 Å². The normalized spacial score (nSPS) is 28.2. The van der Waals surface area contributed by atoms with Crippen molar-refractivity contribution in [3.05, 3.63) is 0 Å². The maximum absolute atomic E-state index is 11.7. The van der Waals surface area contributed by atoms with Crippen molar-refractivity contribution in [2.75, 3.05) is 19.7 Å². The quantitative estimate of drug-likeness (QED) is 0.711. The predicted molar refractivity (Wildman–Crippen MR) is 61.3 cm³/mol. The van der Waals surface area contributed by atoms with E-state index < -0.39 is 0 Å². The van der Waals surface area contributed by atoms with Gasteiger partial charge in [0.15, 0.2) is 6.04 Å². The lowest BCUT2D eigenvalue weighted by molar-refractivity contribution is -0.145. The van der Waals surface area contributed by atoms with E-state index in [1.165, 1.54) is 0 Å². The number of carbonyl (C=O) groups is 1. The minimum atomic E-state index is -0.287. The van der Waals surface area contributed by atoms with Crippen molar-refractivity contribution in [2.45, 2.75) is 30.6 Å². The zero-order chi connectivity index (χ0) is 10.7. The van der Waals surface area contributed by atoms with E-state index in [1.807, 2.05) is 12.5 Å². The number of piperidine rings is 1. The molecule has 15 heavy (non-hydrogen) atoms. The molecule has 0 radical (unpaired) electrons. The Morgan fingerprint density at radius 3 is 3.07 bits per heavy atom. The Hall–Kier alpha value is -0.550. The summed E-state index contributed by atoms with van der Waals surface area (Å²) < 4.78 is 5.04. The van der Waals surface area contributed by atoms with Crippen LogP contribution >= 0.6 is 11.8 Å². The van der Waals surface area contributed by atoms with Crippen LogP contribution in [0.2, 0.25) is 0 Å². The van der Waals surface area contributed by atoms with E-state index in [2.05, 4.69) is 10.3 Å². The summed E-state index contributed by atoms with van der Waals surface area (Å²) in [6.45, 7) is 4.20. The van der Waals surface area contributed by atoms with Crippen LogP contribution in [0.4, 0.5) is 0 Å². The molecule has 2 rings (SSSR count).